The first-order valence-electron chi connectivity index (χ1n) is 5.25. The summed E-state index contributed by atoms with van der Waals surface area (Å²) in [5.41, 5.74) is 0.320. The smallest absolute Gasteiger partial charge is 0.156 e. The first-order chi connectivity index (χ1) is 7.56. The summed E-state index contributed by atoms with van der Waals surface area (Å²) in [4.78, 5) is 18.6. The number of hydrogen-bond donors (Lipinski definition) is 1. The van der Waals surface area contributed by atoms with Crippen LogP contribution in [-0.2, 0) is 0 Å². The van der Waals surface area contributed by atoms with Gasteiger partial charge in [-0.15, -0.1) is 0 Å². The molecule has 0 saturated heterocycles. The number of carbonyl (C=O) groups excluding carboxylic acids is 1. The third kappa shape index (κ3) is 3.17. The molecule has 0 spiro atoms. The molecule has 0 saturated carbocycles. The van der Waals surface area contributed by atoms with Crippen LogP contribution in [0.1, 0.15) is 31.1 Å². The van der Waals surface area contributed by atoms with Gasteiger partial charge < -0.3 is 5.32 Å². The summed E-state index contributed by atoms with van der Waals surface area (Å²) >= 11 is 5.79. The van der Waals surface area contributed by atoms with Crippen LogP contribution in [0.25, 0.3) is 0 Å². The number of nitrogens with zero attached hydrogens (tertiary/aromatic N) is 2. The third-order valence-corrected chi connectivity index (χ3v) is 2.98. The van der Waals surface area contributed by atoms with Crippen molar-refractivity contribution < 1.29 is 4.79 Å². The van der Waals surface area contributed by atoms with Crippen molar-refractivity contribution in [3.05, 3.63) is 17.0 Å². The molecule has 16 heavy (non-hydrogen) atoms. The standard InChI is InChI=1S/C11H16ClN3O/c1-7(2)8(3)4-13-11-9(5-16)10(12)14-6-15-11/h5-8H,4H2,1-3H3,(H,13,14,15). The molecule has 88 valence electrons. The van der Waals surface area contributed by atoms with Gasteiger partial charge in [-0.3, -0.25) is 4.79 Å². The Morgan fingerprint density at radius 1 is 1.44 bits per heavy atom. The van der Waals surface area contributed by atoms with E-state index in [0.29, 0.717) is 29.5 Å². The predicted octanol–water partition coefficient (Wildman–Crippen LogP) is 2.65. The Labute approximate surface area is 100 Å². The van der Waals surface area contributed by atoms with E-state index in [9.17, 15) is 4.79 Å². The minimum atomic E-state index is 0.185. The molecule has 1 heterocycles. The van der Waals surface area contributed by atoms with Crippen LogP contribution in [0.15, 0.2) is 6.33 Å². The van der Waals surface area contributed by atoms with Crippen LogP contribution in [0.3, 0.4) is 0 Å². The number of nitrogens with one attached hydrogen (secondary N) is 1. The molecule has 1 aromatic heterocycles. The Bertz CT molecular complexity index is 368. The summed E-state index contributed by atoms with van der Waals surface area (Å²) in [6.07, 6.45) is 2.02. The van der Waals surface area contributed by atoms with Crippen molar-refractivity contribution in [3.8, 4) is 0 Å². The SMILES string of the molecule is CC(C)C(C)CNc1ncnc(Cl)c1C=O. The molecule has 4 nitrogen and oxygen atoms in total. The van der Waals surface area contributed by atoms with Gasteiger partial charge in [0.05, 0.1) is 5.56 Å². The quantitative estimate of drug-likeness (QED) is 0.636. The molecular formula is C11H16ClN3O. The molecule has 0 bridgehead atoms. The van der Waals surface area contributed by atoms with Crippen LogP contribution in [0.2, 0.25) is 5.15 Å². The summed E-state index contributed by atoms with van der Waals surface area (Å²) in [7, 11) is 0. The Kier molecular flexibility index (Phi) is 4.68. The number of aldehydes is 1. The normalized spacial score (nSPS) is 12.6. The maximum absolute atomic E-state index is 10.8. The van der Waals surface area contributed by atoms with Gasteiger partial charge in [-0.2, -0.15) is 0 Å². The van der Waals surface area contributed by atoms with E-state index in [4.69, 9.17) is 11.6 Å². The topological polar surface area (TPSA) is 54.9 Å². The van der Waals surface area contributed by atoms with Gasteiger partial charge in [0.2, 0.25) is 0 Å². The molecule has 0 radical (unpaired) electrons. The number of hydrogen-bond acceptors (Lipinski definition) is 4. The molecular weight excluding hydrogens is 226 g/mol. The van der Waals surface area contributed by atoms with Crippen molar-refractivity contribution in [1.29, 1.82) is 0 Å². The summed E-state index contributed by atoms with van der Waals surface area (Å²) in [5.74, 6) is 1.57. The Morgan fingerprint density at radius 2 is 2.12 bits per heavy atom. The number of carbonyl (C=O) groups is 1. The van der Waals surface area contributed by atoms with Gasteiger partial charge in [0.25, 0.3) is 0 Å². The second-order valence-electron chi connectivity index (χ2n) is 4.15. The van der Waals surface area contributed by atoms with Gasteiger partial charge in [0, 0.05) is 6.54 Å². The van der Waals surface area contributed by atoms with Crippen molar-refractivity contribution in [2.24, 2.45) is 11.8 Å². The van der Waals surface area contributed by atoms with Crippen LogP contribution in [0, 0.1) is 11.8 Å². The van der Waals surface area contributed by atoms with Crippen LogP contribution in [0.5, 0.6) is 0 Å². The second kappa shape index (κ2) is 5.80. The summed E-state index contributed by atoms with van der Waals surface area (Å²) in [5, 5.41) is 3.30. The molecule has 0 aromatic carbocycles. The van der Waals surface area contributed by atoms with Gasteiger partial charge in [0.15, 0.2) is 6.29 Å². The van der Waals surface area contributed by atoms with Crippen LogP contribution in [0.4, 0.5) is 5.82 Å². The molecule has 0 aliphatic carbocycles. The monoisotopic (exact) mass is 241 g/mol. The Hall–Kier alpha value is -1.16. The lowest BCUT2D eigenvalue weighted by Gasteiger charge is -2.17. The average Bonchev–Trinajstić information content (AvgIpc) is 2.25. The van der Waals surface area contributed by atoms with Crippen LogP contribution >= 0.6 is 11.6 Å². The maximum atomic E-state index is 10.8. The van der Waals surface area contributed by atoms with Crippen molar-refractivity contribution >= 4 is 23.7 Å². The summed E-state index contributed by atoms with van der Waals surface area (Å²) in [6, 6.07) is 0. The first kappa shape index (κ1) is 12.9. The molecule has 5 heteroatoms. The summed E-state index contributed by atoms with van der Waals surface area (Å²) in [6.45, 7) is 7.20. The van der Waals surface area contributed by atoms with E-state index in [1.54, 1.807) is 0 Å². The zero-order valence-electron chi connectivity index (χ0n) is 9.70. The average molecular weight is 242 g/mol. The van der Waals surface area contributed by atoms with Crippen LogP contribution < -0.4 is 5.32 Å². The van der Waals surface area contributed by atoms with E-state index in [2.05, 4.69) is 36.1 Å². The highest BCUT2D eigenvalue weighted by Gasteiger charge is 2.11. The van der Waals surface area contributed by atoms with Crippen molar-refractivity contribution in [1.82, 2.24) is 9.97 Å². The highest BCUT2D eigenvalue weighted by Crippen LogP contribution is 2.18. The van der Waals surface area contributed by atoms with Gasteiger partial charge in [-0.1, -0.05) is 32.4 Å². The van der Waals surface area contributed by atoms with E-state index in [-0.39, 0.29) is 5.15 Å². The second-order valence-corrected chi connectivity index (χ2v) is 4.50. The highest BCUT2D eigenvalue weighted by molar-refractivity contribution is 6.32. The predicted molar refractivity (Wildman–Crippen MR) is 64.9 cm³/mol. The largest absolute Gasteiger partial charge is 0.369 e. The summed E-state index contributed by atoms with van der Waals surface area (Å²) < 4.78 is 0. The Balaban J connectivity index is 2.74. The van der Waals surface area contributed by atoms with E-state index < -0.39 is 0 Å². The van der Waals surface area contributed by atoms with Gasteiger partial charge in [0.1, 0.15) is 17.3 Å². The van der Waals surface area contributed by atoms with Gasteiger partial charge in [-0.25, -0.2) is 9.97 Å². The van der Waals surface area contributed by atoms with Crippen molar-refractivity contribution in [2.75, 3.05) is 11.9 Å². The van der Waals surface area contributed by atoms with E-state index in [1.165, 1.54) is 6.33 Å². The molecule has 1 N–H and O–H groups in total. The first-order valence-corrected chi connectivity index (χ1v) is 5.63. The maximum Gasteiger partial charge on any atom is 0.156 e. The molecule has 1 atom stereocenters. The minimum Gasteiger partial charge on any atom is -0.369 e. The lowest BCUT2D eigenvalue weighted by molar-refractivity contribution is 0.112. The molecule has 0 aliphatic heterocycles. The molecule has 1 aromatic rings. The molecule has 0 amide bonds. The lowest BCUT2D eigenvalue weighted by Crippen LogP contribution is -2.18. The number of aromatic nitrogens is 2. The lowest BCUT2D eigenvalue weighted by atomic mass is 9.98. The zero-order valence-corrected chi connectivity index (χ0v) is 10.5. The zero-order chi connectivity index (χ0) is 12.1. The number of rotatable bonds is 5. The van der Waals surface area contributed by atoms with Crippen molar-refractivity contribution in [3.63, 3.8) is 0 Å². The van der Waals surface area contributed by atoms with E-state index >= 15 is 0 Å². The molecule has 1 rings (SSSR count). The van der Waals surface area contributed by atoms with Crippen molar-refractivity contribution in [2.45, 2.75) is 20.8 Å². The van der Waals surface area contributed by atoms with Crippen LogP contribution in [-0.4, -0.2) is 22.8 Å². The van der Waals surface area contributed by atoms with Gasteiger partial charge >= 0.3 is 0 Å². The third-order valence-electron chi connectivity index (χ3n) is 2.68. The molecule has 0 aliphatic rings. The fourth-order valence-electron chi connectivity index (χ4n) is 1.11. The minimum absolute atomic E-state index is 0.185. The highest BCUT2D eigenvalue weighted by atomic mass is 35.5. The van der Waals surface area contributed by atoms with Gasteiger partial charge in [-0.05, 0) is 11.8 Å². The fourth-order valence-corrected chi connectivity index (χ4v) is 1.29. The fraction of sp³-hybridized carbons (Fsp3) is 0.545. The van der Waals surface area contributed by atoms with E-state index in [0.717, 1.165) is 6.54 Å². The van der Waals surface area contributed by atoms with E-state index in [1.807, 2.05) is 0 Å². The molecule has 1 unspecified atom stereocenters. The number of anilines is 1. The molecule has 0 fully saturated rings. The Morgan fingerprint density at radius 3 is 2.69 bits per heavy atom. The number of halogens is 1.